The lowest BCUT2D eigenvalue weighted by Crippen LogP contribution is -2.19. The number of carbonyl (C=O) groups excluding carboxylic acids is 1. The molecule has 15 heavy (non-hydrogen) atoms. The molecule has 0 aromatic heterocycles. The summed E-state index contributed by atoms with van der Waals surface area (Å²) < 4.78 is 0. The highest BCUT2D eigenvalue weighted by Gasteiger charge is 2.18. The molecule has 0 aliphatic rings. The minimum Gasteiger partial charge on any atom is -0.507 e. The highest BCUT2D eigenvalue weighted by molar-refractivity contribution is 9.09. The Morgan fingerprint density at radius 2 is 2.07 bits per heavy atom. The number of hydrogen-bond donors (Lipinski definition) is 3. The highest BCUT2D eigenvalue weighted by Crippen LogP contribution is 2.23. The van der Waals surface area contributed by atoms with Crippen LogP contribution >= 0.6 is 15.9 Å². The highest BCUT2D eigenvalue weighted by atomic mass is 79.9. The Kier molecular flexibility index (Phi) is 4.26. The molecule has 2 unspecified atom stereocenters. The average molecular weight is 275 g/mol. The first-order chi connectivity index (χ1) is 7.10. The van der Waals surface area contributed by atoms with Crippen LogP contribution in [-0.2, 0) is 0 Å². The van der Waals surface area contributed by atoms with E-state index < -0.39 is 12.2 Å². The van der Waals surface area contributed by atoms with E-state index in [4.69, 9.17) is 0 Å². The molecule has 82 valence electrons. The van der Waals surface area contributed by atoms with E-state index in [9.17, 15) is 20.1 Å². The van der Waals surface area contributed by atoms with Crippen molar-refractivity contribution >= 4 is 22.2 Å². The van der Waals surface area contributed by atoms with Crippen LogP contribution in [0.25, 0.3) is 0 Å². The number of benzene rings is 1. The molecule has 0 radical (unpaired) electrons. The largest absolute Gasteiger partial charge is 0.507 e. The fraction of sp³-hybridized carbons (Fsp3) is 0.300. The van der Waals surface area contributed by atoms with E-state index in [-0.39, 0.29) is 16.6 Å². The summed E-state index contributed by atoms with van der Waals surface area (Å²) in [5.41, 5.74) is 0.482. The lowest BCUT2D eigenvalue weighted by molar-refractivity contribution is 0.0342. The number of aliphatic hydroxyl groups excluding tert-OH is 2. The predicted octanol–water partition coefficient (Wildman–Crippen LogP) is 0.994. The Balaban J connectivity index is 3.00. The van der Waals surface area contributed by atoms with Crippen molar-refractivity contribution in [1.29, 1.82) is 0 Å². The second-order valence-corrected chi connectivity index (χ2v) is 3.75. The molecule has 0 saturated carbocycles. The number of rotatable bonds is 4. The second kappa shape index (κ2) is 5.25. The molecular formula is C10H11BrO4. The quantitative estimate of drug-likeness (QED) is 0.565. The minimum atomic E-state index is -1.08. The third-order valence-corrected chi connectivity index (χ3v) is 2.71. The predicted molar refractivity (Wildman–Crippen MR) is 58.3 cm³/mol. The smallest absolute Gasteiger partial charge is 0.153 e. The molecule has 0 spiro atoms. The number of halogens is 1. The van der Waals surface area contributed by atoms with Gasteiger partial charge in [0, 0.05) is 5.33 Å². The standard InChI is InChI=1S/C10H11BrO4/c11-4-9(14)10(15)6-1-2-8(13)7(3-6)5-12/h1-3,5,9-10,13-15H,4H2. The van der Waals surface area contributed by atoms with E-state index in [1.807, 2.05) is 0 Å². The number of alkyl halides is 1. The van der Waals surface area contributed by atoms with E-state index in [0.29, 0.717) is 11.8 Å². The fourth-order valence-corrected chi connectivity index (χ4v) is 1.51. The number of carbonyl (C=O) groups is 1. The molecule has 0 bridgehead atoms. The summed E-state index contributed by atoms with van der Waals surface area (Å²) in [6, 6.07) is 4.11. The van der Waals surface area contributed by atoms with Gasteiger partial charge in [0.25, 0.3) is 0 Å². The van der Waals surface area contributed by atoms with Crippen molar-refractivity contribution in [2.24, 2.45) is 0 Å². The maximum atomic E-state index is 10.5. The minimum absolute atomic E-state index is 0.0910. The van der Waals surface area contributed by atoms with Crippen molar-refractivity contribution in [1.82, 2.24) is 0 Å². The zero-order valence-corrected chi connectivity index (χ0v) is 9.39. The SMILES string of the molecule is O=Cc1cc(C(O)C(O)CBr)ccc1O. The van der Waals surface area contributed by atoms with Crippen molar-refractivity contribution in [2.45, 2.75) is 12.2 Å². The first-order valence-corrected chi connectivity index (χ1v) is 5.42. The Bertz CT molecular complexity index is 353. The van der Waals surface area contributed by atoms with Crippen LogP contribution in [0.2, 0.25) is 0 Å². The molecule has 3 N–H and O–H groups in total. The first kappa shape index (κ1) is 12.2. The normalized spacial score (nSPS) is 14.6. The molecule has 2 atom stereocenters. The Morgan fingerprint density at radius 1 is 1.40 bits per heavy atom. The Morgan fingerprint density at radius 3 is 2.60 bits per heavy atom. The van der Waals surface area contributed by atoms with Crippen LogP contribution in [0.1, 0.15) is 22.0 Å². The van der Waals surface area contributed by atoms with Gasteiger partial charge in [0.1, 0.15) is 11.9 Å². The van der Waals surface area contributed by atoms with Crippen molar-refractivity contribution in [3.05, 3.63) is 29.3 Å². The third-order valence-electron chi connectivity index (χ3n) is 2.04. The maximum Gasteiger partial charge on any atom is 0.153 e. The van der Waals surface area contributed by atoms with Crippen LogP contribution in [0.4, 0.5) is 0 Å². The van der Waals surface area contributed by atoms with Gasteiger partial charge in [0.05, 0.1) is 11.7 Å². The van der Waals surface area contributed by atoms with Gasteiger partial charge in [-0.3, -0.25) is 4.79 Å². The molecule has 0 aliphatic carbocycles. The molecule has 1 aromatic carbocycles. The van der Waals surface area contributed by atoms with Gasteiger partial charge >= 0.3 is 0 Å². The number of aromatic hydroxyl groups is 1. The topological polar surface area (TPSA) is 77.8 Å². The molecule has 0 saturated heterocycles. The molecule has 0 heterocycles. The van der Waals surface area contributed by atoms with E-state index >= 15 is 0 Å². The molecule has 1 rings (SSSR count). The fourth-order valence-electron chi connectivity index (χ4n) is 1.16. The monoisotopic (exact) mass is 274 g/mol. The van der Waals surface area contributed by atoms with Crippen LogP contribution in [0.15, 0.2) is 18.2 Å². The van der Waals surface area contributed by atoms with Crippen molar-refractivity contribution in [2.75, 3.05) is 5.33 Å². The van der Waals surface area contributed by atoms with Gasteiger partial charge in [-0.2, -0.15) is 0 Å². The van der Waals surface area contributed by atoms with E-state index in [2.05, 4.69) is 15.9 Å². The van der Waals surface area contributed by atoms with Crippen LogP contribution in [0.5, 0.6) is 5.75 Å². The van der Waals surface area contributed by atoms with Gasteiger partial charge in [-0.15, -0.1) is 0 Å². The van der Waals surface area contributed by atoms with Crippen molar-refractivity contribution in [3.8, 4) is 5.75 Å². The van der Waals surface area contributed by atoms with Crippen LogP contribution < -0.4 is 0 Å². The molecule has 0 fully saturated rings. The summed E-state index contributed by atoms with van der Waals surface area (Å²) in [5.74, 6) is -0.144. The average Bonchev–Trinajstić information content (AvgIpc) is 2.27. The molecule has 5 heteroatoms. The molecule has 0 amide bonds. The number of phenolic OH excluding ortho intramolecular Hbond substituents is 1. The molecule has 0 aliphatic heterocycles. The van der Waals surface area contributed by atoms with Gasteiger partial charge in [-0.1, -0.05) is 22.0 Å². The number of hydrogen-bond acceptors (Lipinski definition) is 4. The van der Waals surface area contributed by atoms with Crippen LogP contribution in [0.3, 0.4) is 0 Å². The van der Waals surface area contributed by atoms with Gasteiger partial charge in [0.15, 0.2) is 6.29 Å². The summed E-state index contributed by atoms with van der Waals surface area (Å²) in [4.78, 5) is 10.5. The van der Waals surface area contributed by atoms with Gasteiger partial charge in [0.2, 0.25) is 0 Å². The molecule has 4 nitrogen and oxygen atoms in total. The van der Waals surface area contributed by atoms with E-state index in [0.717, 1.165) is 0 Å². The number of aliphatic hydroxyl groups is 2. The molecule has 1 aromatic rings. The summed E-state index contributed by atoms with van der Waals surface area (Å²) in [5, 5.41) is 28.4. The second-order valence-electron chi connectivity index (χ2n) is 3.10. The van der Waals surface area contributed by atoms with Gasteiger partial charge < -0.3 is 15.3 Å². The lowest BCUT2D eigenvalue weighted by Gasteiger charge is -2.16. The zero-order valence-electron chi connectivity index (χ0n) is 7.80. The number of phenols is 1. The number of aldehydes is 1. The van der Waals surface area contributed by atoms with Crippen LogP contribution in [-0.4, -0.2) is 33.0 Å². The van der Waals surface area contributed by atoms with E-state index in [1.54, 1.807) is 0 Å². The summed E-state index contributed by atoms with van der Waals surface area (Å²) in [7, 11) is 0. The van der Waals surface area contributed by atoms with Crippen molar-refractivity contribution in [3.63, 3.8) is 0 Å². The zero-order chi connectivity index (χ0) is 11.4. The summed E-state index contributed by atoms with van der Waals surface area (Å²) >= 11 is 3.03. The van der Waals surface area contributed by atoms with Gasteiger partial charge in [-0.05, 0) is 17.7 Å². The lowest BCUT2D eigenvalue weighted by atomic mass is 10.0. The molecular weight excluding hydrogens is 264 g/mol. The maximum absolute atomic E-state index is 10.5. The Hall–Kier alpha value is -0.910. The van der Waals surface area contributed by atoms with Crippen molar-refractivity contribution < 1.29 is 20.1 Å². The Labute approximate surface area is 95.3 Å². The van der Waals surface area contributed by atoms with Crippen LogP contribution in [0, 0.1) is 0 Å². The van der Waals surface area contributed by atoms with Gasteiger partial charge in [-0.25, -0.2) is 0 Å². The third kappa shape index (κ3) is 2.77. The first-order valence-electron chi connectivity index (χ1n) is 4.30. The summed E-state index contributed by atoms with van der Waals surface area (Å²) in [6.07, 6.45) is -1.54. The summed E-state index contributed by atoms with van der Waals surface area (Å²) in [6.45, 7) is 0. The van der Waals surface area contributed by atoms with E-state index in [1.165, 1.54) is 18.2 Å².